The quantitative estimate of drug-likeness (QED) is 0.753. The molecule has 0 bridgehead atoms. The number of unbranched alkanes of at least 4 members (excludes halogenated alkanes) is 2. The van der Waals surface area contributed by atoms with Crippen molar-refractivity contribution in [3.63, 3.8) is 0 Å². The van der Waals surface area contributed by atoms with Crippen LogP contribution in [0.25, 0.3) is 0 Å². The highest BCUT2D eigenvalue weighted by molar-refractivity contribution is 7.90. The van der Waals surface area contributed by atoms with Gasteiger partial charge in [-0.1, -0.05) is 25.8 Å². The second-order valence-corrected chi connectivity index (χ2v) is 6.30. The molecule has 17 heavy (non-hydrogen) atoms. The highest BCUT2D eigenvalue weighted by Gasteiger charge is 2.14. The van der Waals surface area contributed by atoms with Crippen molar-refractivity contribution in [3.8, 4) is 0 Å². The zero-order valence-electron chi connectivity index (χ0n) is 10.2. The van der Waals surface area contributed by atoms with Crippen LogP contribution in [0.15, 0.2) is 18.3 Å². The van der Waals surface area contributed by atoms with E-state index in [1.807, 2.05) is 0 Å². The first-order valence-electron chi connectivity index (χ1n) is 5.92. The Morgan fingerprint density at radius 3 is 2.76 bits per heavy atom. The Labute approximate surface area is 103 Å². The summed E-state index contributed by atoms with van der Waals surface area (Å²) in [6.07, 6.45) is 4.35. The SMILES string of the molecule is CCCCCS(=O)(=O)Cc1cccnc1CN. The number of aromatic nitrogens is 1. The Hall–Kier alpha value is -0.940. The van der Waals surface area contributed by atoms with E-state index in [1.54, 1.807) is 18.3 Å². The molecule has 0 radical (unpaired) electrons. The van der Waals surface area contributed by atoms with E-state index >= 15 is 0 Å². The smallest absolute Gasteiger partial charge is 0.154 e. The second-order valence-electron chi connectivity index (χ2n) is 4.11. The second kappa shape index (κ2) is 6.71. The first-order chi connectivity index (χ1) is 8.09. The Kier molecular flexibility index (Phi) is 5.58. The van der Waals surface area contributed by atoms with Gasteiger partial charge in [-0.3, -0.25) is 4.98 Å². The molecule has 0 aliphatic rings. The molecule has 5 heteroatoms. The fraction of sp³-hybridized carbons (Fsp3) is 0.583. The number of hydrogen-bond acceptors (Lipinski definition) is 4. The van der Waals surface area contributed by atoms with E-state index in [1.165, 1.54) is 0 Å². The van der Waals surface area contributed by atoms with Crippen LogP contribution in [0.5, 0.6) is 0 Å². The number of sulfone groups is 1. The summed E-state index contributed by atoms with van der Waals surface area (Å²) in [5, 5.41) is 0. The molecule has 1 heterocycles. The minimum absolute atomic E-state index is 0.0527. The summed E-state index contributed by atoms with van der Waals surface area (Å²) in [5.41, 5.74) is 6.93. The van der Waals surface area contributed by atoms with Crippen molar-refractivity contribution < 1.29 is 8.42 Å². The van der Waals surface area contributed by atoms with Gasteiger partial charge in [-0.15, -0.1) is 0 Å². The lowest BCUT2D eigenvalue weighted by molar-refractivity contribution is 0.589. The summed E-state index contributed by atoms with van der Waals surface area (Å²) in [7, 11) is -3.04. The number of nitrogens with two attached hydrogens (primary N) is 1. The monoisotopic (exact) mass is 256 g/mol. The molecule has 2 N–H and O–H groups in total. The number of pyridine rings is 1. The minimum Gasteiger partial charge on any atom is -0.325 e. The third kappa shape index (κ3) is 4.83. The normalized spacial score (nSPS) is 11.6. The van der Waals surface area contributed by atoms with Gasteiger partial charge in [-0.2, -0.15) is 0 Å². The molecule has 0 saturated heterocycles. The lowest BCUT2D eigenvalue weighted by Gasteiger charge is -2.07. The van der Waals surface area contributed by atoms with Gasteiger partial charge in [-0.05, 0) is 18.1 Å². The molecule has 0 spiro atoms. The van der Waals surface area contributed by atoms with Crippen LogP contribution >= 0.6 is 0 Å². The maximum atomic E-state index is 11.9. The molecular formula is C12H20N2O2S. The molecule has 96 valence electrons. The first kappa shape index (κ1) is 14.1. The van der Waals surface area contributed by atoms with E-state index in [2.05, 4.69) is 11.9 Å². The summed E-state index contributed by atoms with van der Waals surface area (Å²) < 4.78 is 23.7. The number of hydrogen-bond donors (Lipinski definition) is 1. The summed E-state index contributed by atoms with van der Waals surface area (Å²) in [4.78, 5) is 4.09. The molecule has 0 aliphatic carbocycles. The average molecular weight is 256 g/mol. The van der Waals surface area contributed by atoms with Gasteiger partial charge in [0.1, 0.15) is 0 Å². The molecule has 0 unspecified atom stereocenters. The summed E-state index contributed by atoms with van der Waals surface area (Å²) >= 11 is 0. The largest absolute Gasteiger partial charge is 0.325 e. The van der Waals surface area contributed by atoms with Crippen molar-refractivity contribution in [2.45, 2.75) is 38.5 Å². The molecule has 0 aromatic carbocycles. The highest BCUT2D eigenvalue weighted by Crippen LogP contribution is 2.11. The predicted octanol–water partition coefficient (Wildman–Crippen LogP) is 1.65. The standard InChI is InChI=1S/C12H20N2O2S/c1-2-3-4-8-17(15,16)10-11-6-5-7-14-12(11)9-13/h5-7H,2-4,8-10,13H2,1H3. The molecular weight excluding hydrogens is 236 g/mol. The molecule has 0 fully saturated rings. The fourth-order valence-electron chi connectivity index (χ4n) is 1.67. The average Bonchev–Trinajstić information content (AvgIpc) is 2.29. The van der Waals surface area contributed by atoms with Crippen molar-refractivity contribution >= 4 is 9.84 Å². The van der Waals surface area contributed by atoms with Crippen LogP contribution in [0, 0.1) is 0 Å². The van der Waals surface area contributed by atoms with Gasteiger partial charge in [0.05, 0.1) is 17.2 Å². The van der Waals surface area contributed by atoms with Crippen molar-refractivity contribution in [3.05, 3.63) is 29.6 Å². The summed E-state index contributed by atoms with van der Waals surface area (Å²) in [6.45, 7) is 2.33. The van der Waals surface area contributed by atoms with E-state index in [0.29, 0.717) is 5.69 Å². The predicted molar refractivity (Wildman–Crippen MR) is 69.1 cm³/mol. The van der Waals surface area contributed by atoms with Crippen molar-refractivity contribution in [2.24, 2.45) is 5.73 Å². The zero-order valence-corrected chi connectivity index (χ0v) is 11.0. The molecule has 0 atom stereocenters. The maximum Gasteiger partial charge on any atom is 0.154 e. The molecule has 0 aliphatic heterocycles. The van der Waals surface area contributed by atoms with E-state index in [-0.39, 0.29) is 18.1 Å². The number of rotatable bonds is 7. The number of nitrogens with zero attached hydrogens (tertiary/aromatic N) is 1. The van der Waals surface area contributed by atoms with Crippen molar-refractivity contribution in [1.82, 2.24) is 4.98 Å². The van der Waals surface area contributed by atoms with E-state index in [4.69, 9.17) is 5.73 Å². The molecule has 1 aromatic rings. The van der Waals surface area contributed by atoms with Gasteiger partial charge < -0.3 is 5.73 Å². The summed E-state index contributed by atoms with van der Waals surface area (Å²) in [5.74, 6) is 0.302. The van der Waals surface area contributed by atoms with Crippen LogP contribution in [0.3, 0.4) is 0 Å². The van der Waals surface area contributed by atoms with Gasteiger partial charge >= 0.3 is 0 Å². The Morgan fingerprint density at radius 2 is 2.12 bits per heavy atom. The fourth-order valence-corrected chi connectivity index (χ4v) is 3.19. The molecule has 1 aromatic heterocycles. The Bertz CT molecular complexity index is 444. The van der Waals surface area contributed by atoms with Gasteiger partial charge in [0, 0.05) is 12.7 Å². The van der Waals surface area contributed by atoms with Crippen molar-refractivity contribution in [2.75, 3.05) is 5.75 Å². The van der Waals surface area contributed by atoms with Crippen molar-refractivity contribution in [1.29, 1.82) is 0 Å². The zero-order chi connectivity index (χ0) is 12.7. The van der Waals surface area contributed by atoms with Crippen LogP contribution in [-0.2, 0) is 22.1 Å². The van der Waals surface area contributed by atoms with Gasteiger partial charge in [-0.25, -0.2) is 8.42 Å². The van der Waals surface area contributed by atoms with Crippen LogP contribution in [-0.4, -0.2) is 19.2 Å². The van der Waals surface area contributed by atoms with Crippen LogP contribution in [0.1, 0.15) is 37.4 Å². The van der Waals surface area contributed by atoms with Gasteiger partial charge in [0.2, 0.25) is 0 Å². The molecule has 4 nitrogen and oxygen atoms in total. The molecule has 0 saturated carbocycles. The van der Waals surface area contributed by atoms with E-state index in [9.17, 15) is 8.42 Å². The first-order valence-corrected chi connectivity index (χ1v) is 7.74. The third-order valence-electron chi connectivity index (χ3n) is 2.61. The van der Waals surface area contributed by atoms with Crippen LogP contribution in [0.4, 0.5) is 0 Å². The minimum atomic E-state index is -3.04. The lowest BCUT2D eigenvalue weighted by atomic mass is 10.2. The highest BCUT2D eigenvalue weighted by atomic mass is 32.2. The maximum absolute atomic E-state index is 11.9. The third-order valence-corrected chi connectivity index (χ3v) is 4.27. The van der Waals surface area contributed by atoms with E-state index in [0.717, 1.165) is 24.8 Å². The lowest BCUT2D eigenvalue weighted by Crippen LogP contribution is -2.13. The van der Waals surface area contributed by atoms with Gasteiger partial charge in [0.15, 0.2) is 9.84 Å². The van der Waals surface area contributed by atoms with Crippen LogP contribution in [0.2, 0.25) is 0 Å². The van der Waals surface area contributed by atoms with Crippen LogP contribution < -0.4 is 5.73 Å². The molecule has 1 rings (SSSR count). The Balaban J connectivity index is 2.69. The topological polar surface area (TPSA) is 73.0 Å². The molecule has 0 amide bonds. The van der Waals surface area contributed by atoms with E-state index < -0.39 is 9.84 Å². The Morgan fingerprint density at radius 1 is 1.35 bits per heavy atom. The van der Waals surface area contributed by atoms with Gasteiger partial charge in [0.25, 0.3) is 0 Å². The summed E-state index contributed by atoms with van der Waals surface area (Å²) in [6, 6.07) is 3.53.